The molecule has 0 saturated carbocycles. The van der Waals surface area contributed by atoms with Gasteiger partial charge in [-0.1, -0.05) is 0 Å². The predicted octanol–water partition coefficient (Wildman–Crippen LogP) is 1.31. The van der Waals surface area contributed by atoms with Crippen LogP contribution in [0.25, 0.3) is 0 Å². The first-order chi connectivity index (χ1) is 8.65. The van der Waals surface area contributed by atoms with Gasteiger partial charge < -0.3 is 19.9 Å². The van der Waals surface area contributed by atoms with E-state index in [-0.39, 0.29) is 12.5 Å². The first kappa shape index (κ1) is 14.3. The Balaban J connectivity index is 3.07. The van der Waals surface area contributed by atoms with E-state index in [9.17, 15) is 4.79 Å². The molecule has 0 aromatic heterocycles. The number of hydrogen-bond donors (Lipinski definition) is 1. The minimum absolute atomic E-state index is 0.176. The number of carbonyl (C=O) groups is 1. The molecule has 0 aliphatic rings. The Labute approximate surface area is 107 Å². The van der Waals surface area contributed by atoms with E-state index < -0.39 is 5.92 Å². The highest BCUT2D eigenvalue weighted by Crippen LogP contribution is 2.27. The van der Waals surface area contributed by atoms with E-state index in [0.717, 1.165) is 5.56 Å². The minimum atomic E-state index is -0.506. The van der Waals surface area contributed by atoms with Gasteiger partial charge in [0.05, 0.1) is 26.7 Å². The monoisotopic (exact) mass is 253 g/mol. The molecule has 0 aliphatic carbocycles. The average Bonchev–Trinajstić information content (AvgIpc) is 2.39. The highest BCUT2D eigenvalue weighted by molar-refractivity contribution is 5.78. The zero-order valence-corrected chi connectivity index (χ0v) is 10.9. The van der Waals surface area contributed by atoms with Crippen molar-refractivity contribution in [3.63, 3.8) is 0 Å². The highest BCUT2D eigenvalue weighted by atomic mass is 16.5. The lowest BCUT2D eigenvalue weighted by Gasteiger charge is -2.15. The largest absolute Gasteiger partial charge is 0.497 e. The Morgan fingerprint density at radius 3 is 2.17 bits per heavy atom. The van der Waals surface area contributed by atoms with Gasteiger partial charge in [0.1, 0.15) is 11.5 Å². The van der Waals surface area contributed by atoms with E-state index in [1.807, 2.05) is 0 Å². The third-order valence-corrected chi connectivity index (χ3v) is 2.58. The maximum atomic E-state index is 11.8. The van der Waals surface area contributed by atoms with Gasteiger partial charge in [-0.15, -0.1) is 0 Å². The Bertz CT molecular complexity index is 384. The summed E-state index contributed by atoms with van der Waals surface area (Å²) in [5.41, 5.74) is 6.37. The molecule has 0 amide bonds. The van der Waals surface area contributed by atoms with Crippen molar-refractivity contribution in [2.24, 2.45) is 5.73 Å². The van der Waals surface area contributed by atoms with Gasteiger partial charge in [0.2, 0.25) is 0 Å². The first-order valence-corrected chi connectivity index (χ1v) is 5.75. The first-order valence-electron chi connectivity index (χ1n) is 5.75. The second-order valence-electron chi connectivity index (χ2n) is 3.69. The molecule has 0 spiro atoms. The molecule has 5 nitrogen and oxygen atoms in total. The van der Waals surface area contributed by atoms with E-state index >= 15 is 0 Å². The SMILES string of the molecule is CCOC(=O)[C@@H](CN)c1cc(OC)cc(OC)c1. The van der Waals surface area contributed by atoms with Crippen LogP contribution in [0.4, 0.5) is 0 Å². The molecule has 2 N–H and O–H groups in total. The van der Waals surface area contributed by atoms with Crippen molar-refractivity contribution >= 4 is 5.97 Å². The fourth-order valence-corrected chi connectivity index (χ4v) is 1.64. The van der Waals surface area contributed by atoms with Gasteiger partial charge in [-0.3, -0.25) is 4.79 Å². The smallest absolute Gasteiger partial charge is 0.314 e. The normalized spacial score (nSPS) is 11.8. The third-order valence-electron chi connectivity index (χ3n) is 2.58. The Morgan fingerprint density at radius 2 is 1.78 bits per heavy atom. The molecule has 1 aromatic rings. The number of hydrogen-bond acceptors (Lipinski definition) is 5. The number of methoxy groups -OCH3 is 2. The number of nitrogens with two attached hydrogens (primary N) is 1. The molecule has 5 heteroatoms. The number of benzene rings is 1. The maximum absolute atomic E-state index is 11.8. The second-order valence-corrected chi connectivity index (χ2v) is 3.69. The summed E-state index contributed by atoms with van der Waals surface area (Å²) in [5, 5.41) is 0. The lowest BCUT2D eigenvalue weighted by molar-refractivity contribution is -0.144. The fourth-order valence-electron chi connectivity index (χ4n) is 1.64. The zero-order valence-electron chi connectivity index (χ0n) is 10.9. The summed E-state index contributed by atoms with van der Waals surface area (Å²) in [6, 6.07) is 5.26. The molecule has 0 saturated heterocycles. The van der Waals surface area contributed by atoms with Gasteiger partial charge in [-0.25, -0.2) is 0 Å². The van der Waals surface area contributed by atoms with Crippen molar-refractivity contribution in [3.05, 3.63) is 23.8 Å². The molecule has 18 heavy (non-hydrogen) atoms. The van der Waals surface area contributed by atoms with Gasteiger partial charge in [-0.2, -0.15) is 0 Å². The van der Waals surface area contributed by atoms with E-state index in [4.69, 9.17) is 19.9 Å². The van der Waals surface area contributed by atoms with Crippen LogP contribution in [0.3, 0.4) is 0 Å². The molecule has 0 radical (unpaired) electrons. The second kappa shape index (κ2) is 6.86. The van der Waals surface area contributed by atoms with E-state index in [1.165, 1.54) is 0 Å². The van der Waals surface area contributed by atoms with Gasteiger partial charge in [0, 0.05) is 12.6 Å². The van der Waals surface area contributed by atoms with E-state index in [0.29, 0.717) is 18.1 Å². The topological polar surface area (TPSA) is 70.8 Å². The summed E-state index contributed by atoms with van der Waals surface area (Å²) in [6.45, 7) is 2.27. The van der Waals surface area contributed by atoms with Crippen LogP contribution in [0.1, 0.15) is 18.4 Å². The standard InChI is InChI=1S/C13H19NO4/c1-4-18-13(15)12(8-14)9-5-10(16-2)7-11(6-9)17-3/h5-7,12H,4,8,14H2,1-3H3/t12-/m0/s1. The number of ether oxygens (including phenoxy) is 3. The summed E-state index contributed by atoms with van der Waals surface area (Å²) >= 11 is 0. The van der Waals surface area contributed by atoms with Gasteiger partial charge in [0.25, 0.3) is 0 Å². The number of carbonyl (C=O) groups excluding carboxylic acids is 1. The molecule has 0 heterocycles. The van der Waals surface area contributed by atoms with Crippen LogP contribution in [0.5, 0.6) is 11.5 Å². The summed E-state index contributed by atoms with van der Waals surface area (Å²) < 4.78 is 15.3. The van der Waals surface area contributed by atoms with E-state index in [2.05, 4.69) is 0 Å². The highest BCUT2D eigenvalue weighted by Gasteiger charge is 2.21. The van der Waals surface area contributed by atoms with Crippen LogP contribution in [0, 0.1) is 0 Å². The molecule has 0 aliphatic heterocycles. The van der Waals surface area contributed by atoms with E-state index in [1.54, 1.807) is 39.3 Å². The number of rotatable bonds is 6. The minimum Gasteiger partial charge on any atom is -0.497 e. The maximum Gasteiger partial charge on any atom is 0.314 e. The molecule has 100 valence electrons. The summed E-state index contributed by atoms with van der Waals surface area (Å²) in [4.78, 5) is 11.8. The average molecular weight is 253 g/mol. The van der Waals surface area contributed by atoms with Crippen LogP contribution in [0.15, 0.2) is 18.2 Å². The summed E-state index contributed by atoms with van der Waals surface area (Å²) in [7, 11) is 3.11. The predicted molar refractivity (Wildman–Crippen MR) is 68.0 cm³/mol. The quantitative estimate of drug-likeness (QED) is 0.774. The Hall–Kier alpha value is -1.75. The molecule has 0 bridgehead atoms. The third kappa shape index (κ3) is 3.37. The van der Waals surface area contributed by atoms with Crippen molar-refractivity contribution in [2.45, 2.75) is 12.8 Å². The lowest BCUT2D eigenvalue weighted by atomic mass is 9.99. The van der Waals surface area contributed by atoms with Crippen LogP contribution < -0.4 is 15.2 Å². The zero-order chi connectivity index (χ0) is 13.5. The van der Waals surface area contributed by atoms with Crippen LogP contribution in [-0.2, 0) is 9.53 Å². The molecular weight excluding hydrogens is 234 g/mol. The summed E-state index contributed by atoms with van der Waals surface area (Å²) in [5.74, 6) is 0.392. The van der Waals surface area contributed by atoms with Crippen molar-refractivity contribution in [1.82, 2.24) is 0 Å². The molecular formula is C13H19NO4. The fraction of sp³-hybridized carbons (Fsp3) is 0.462. The van der Waals surface area contributed by atoms with Crippen molar-refractivity contribution in [2.75, 3.05) is 27.4 Å². The van der Waals surface area contributed by atoms with Crippen LogP contribution in [0.2, 0.25) is 0 Å². The number of esters is 1. The van der Waals surface area contributed by atoms with Gasteiger partial charge >= 0.3 is 5.97 Å². The van der Waals surface area contributed by atoms with Crippen molar-refractivity contribution in [3.8, 4) is 11.5 Å². The van der Waals surface area contributed by atoms with Gasteiger partial charge in [0.15, 0.2) is 0 Å². The van der Waals surface area contributed by atoms with Gasteiger partial charge in [-0.05, 0) is 24.6 Å². The van der Waals surface area contributed by atoms with Crippen LogP contribution in [-0.4, -0.2) is 33.3 Å². The lowest BCUT2D eigenvalue weighted by Crippen LogP contribution is -2.23. The van der Waals surface area contributed by atoms with Crippen molar-refractivity contribution in [1.29, 1.82) is 0 Å². The van der Waals surface area contributed by atoms with Crippen molar-refractivity contribution < 1.29 is 19.0 Å². The molecule has 0 fully saturated rings. The molecule has 1 aromatic carbocycles. The Kier molecular flexibility index (Phi) is 5.45. The van der Waals surface area contributed by atoms with Crippen LogP contribution >= 0.6 is 0 Å². The Morgan fingerprint density at radius 1 is 1.22 bits per heavy atom. The molecule has 1 rings (SSSR count). The molecule has 0 unspecified atom stereocenters. The summed E-state index contributed by atoms with van der Waals surface area (Å²) in [6.07, 6.45) is 0. The molecule has 1 atom stereocenters.